The van der Waals surface area contributed by atoms with Crippen LogP contribution in [0.2, 0.25) is 0 Å². The first-order valence-electron chi connectivity index (χ1n) is 10.6. The van der Waals surface area contributed by atoms with Crippen LogP contribution >= 0.6 is 20.3 Å². The average Bonchev–Trinajstić information content (AvgIpc) is 2.69. The van der Waals surface area contributed by atoms with Gasteiger partial charge in [0.25, 0.3) is 0 Å². The molecule has 0 heterocycles. The van der Waals surface area contributed by atoms with Crippen LogP contribution in [-0.4, -0.2) is 175 Å². The lowest BCUT2D eigenvalue weighted by Gasteiger charge is -2.50. The Hall–Kier alpha value is -2.20. The topological polar surface area (TPSA) is 75.4 Å². The van der Waals surface area contributed by atoms with Crippen molar-refractivity contribution < 1.29 is 0 Å². The van der Waals surface area contributed by atoms with Crippen molar-refractivity contribution >= 4 is 44.1 Å². The van der Waals surface area contributed by atoms with E-state index in [0.29, 0.717) is 0 Å². The number of rotatable bonds is 4. The molecule has 0 N–H and O–H groups in total. The van der Waals surface area contributed by atoms with E-state index in [4.69, 9.17) is 0 Å². The van der Waals surface area contributed by atoms with Gasteiger partial charge in [0.1, 0.15) is 0 Å². The predicted octanol–water partition coefficient (Wildman–Crippen LogP) is 1.00. The molecule has 0 saturated heterocycles. The average molecular weight is 524 g/mol. The fourth-order valence-electron chi connectivity index (χ4n) is 4.22. The van der Waals surface area contributed by atoms with E-state index in [1.807, 2.05) is 104 Å². The standard InChI is InChI=1S/C20H48N12P.ClH/c1-21-17(25(5)6)29(13)33(30(14)18(22-2)26(7)8,31(15)19(23-3)27(9)10)32(16)20(24-4)28(11)12;/h1-16H3;1H/q+1;. The van der Waals surface area contributed by atoms with Crippen LogP contribution in [0.3, 0.4) is 0 Å². The van der Waals surface area contributed by atoms with Crippen molar-refractivity contribution in [2.75, 3.05) is 113 Å². The molecule has 0 rings (SSSR count). The van der Waals surface area contributed by atoms with Gasteiger partial charge in [0.2, 0.25) is 23.8 Å². The second-order valence-electron chi connectivity index (χ2n) is 8.30. The second-order valence-corrected chi connectivity index (χ2v) is 11.8. The van der Waals surface area contributed by atoms with Gasteiger partial charge in [-0.2, -0.15) is 18.7 Å². The summed E-state index contributed by atoms with van der Waals surface area (Å²) in [5.41, 5.74) is 0. The highest BCUT2D eigenvalue weighted by Gasteiger charge is 2.63. The highest BCUT2D eigenvalue weighted by Crippen LogP contribution is 2.68. The van der Waals surface area contributed by atoms with Gasteiger partial charge in [0, 0.05) is 84.6 Å². The van der Waals surface area contributed by atoms with Crippen LogP contribution in [0.4, 0.5) is 0 Å². The molecular formula is C20H49ClN12P+. The summed E-state index contributed by atoms with van der Waals surface area (Å²) in [5, 5.41) is 0. The Morgan fingerprint density at radius 2 is 0.529 bits per heavy atom. The van der Waals surface area contributed by atoms with Crippen LogP contribution in [0.25, 0.3) is 0 Å². The molecular weight excluding hydrogens is 475 g/mol. The maximum atomic E-state index is 4.65. The van der Waals surface area contributed by atoms with Crippen molar-refractivity contribution in [3.63, 3.8) is 0 Å². The molecule has 0 aromatic carbocycles. The highest BCUT2D eigenvalue weighted by molar-refractivity contribution is 7.69. The van der Waals surface area contributed by atoms with Crippen LogP contribution in [-0.2, 0) is 0 Å². The van der Waals surface area contributed by atoms with Gasteiger partial charge >= 0.3 is 7.87 Å². The summed E-state index contributed by atoms with van der Waals surface area (Å²) in [7, 11) is 28.7. The number of aliphatic imine (C=N–C) groups is 4. The third-order valence-corrected chi connectivity index (χ3v) is 9.10. The lowest BCUT2D eigenvalue weighted by molar-refractivity contribution is 0.409. The predicted molar refractivity (Wildman–Crippen MR) is 153 cm³/mol. The van der Waals surface area contributed by atoms with Gasteiger partial charge in [-0.05, 0) is 0 Å². The fourth-order valence-corrected chi connectivity index (χ4v) is 8.67. The molecule has 0 amide bonds. The monoisotopic (exact) mass is 523 g/mol. The molecule has 0 fully saturated rings. The Morgan fingerprint density at radius 1 is 0.382 bits per heavy atom. The molecule has 0 radical (unpaired) electrons. The van der Waals surface area contributed by atoms with Crippen LogP contribution in [0.5, 0.6) is 0 Å². The van der Waals surface area contributed by atoms with E-state index in [9.17, 15) is 0 Å². The lowest BCUT2D eigenvalue weighted by Crippen LogP contribution is -2.60. The Balaban J connectivity index is 0. The molecule has 12 nitrogen and oxygen atoms in total. The quantitative estimate of drug-likeness (QED) is 0.307. The van der Waals surface area contributed by atoms with E-state index in [1.165, 1.54) is 0 Å². The van der Waals surface area contributed by atoms with Crippen molar-refractivity contribution in [3.05, 3.63) is 0 Å². The maximum Gasteiger partial charge on any atom is 0.415 e. The van der Waals surface area contributed by atoms with E-state index in [0.717, 1.165) is 23.8 Å². The zero-order chi connectivity index (χ0) is 26.3. The number of hydrogen-bond donors (Lipinski definition) is 0. The summed E-state index contributed by atoms with van der Waals surface area (Å²) in [6.07, 6.45) is 0. The Morgan fingerprint density at radius 3 is 0.618 bits per heavy atom. The van der Waals surface area contributed by atoms with Gasteiger partial charge in [-0.1, -0.05) is 0 Å². The molecule has 0 aromatic rings. The molecule has 0 bridgehead atoms. The van der Waals surface area contributed by atoms with Gasteiger partial charge in [0.15, 0.2) is 0 Å². The third-order valence-electron chi connectivity index (χ3n) is 5.17. The molecule has 0 spiro atoms. The van der Waals surface area contributed by atoms with Crippen molar-refractivity contribution in [3.8, 4) is 0 Å². The molecule has 34 heavy (non-hydrogen) atoms. The van der Waals surface area contributed by atoms with E-state index in [1.54, 1.807) is 0 Å². The van der Waals surface area contributed by atoms with Gasteiger partial charge < -0.3 is 19.6 Å². The molecule has 14 heteroatoms. The number of nitrogens with zero attached hydrogens (tertiary/aromatic N) is 12. The van der Waals surface area contributed by atoms with Crippen molar-refractivity contribution in [1.82, 2.24) is 38.3 Å². The molecule has 0 saturated carbocycles. The molecule has 0 aliphatic heterocycles. The first kappa shape index (κ1) is 34.0. The highest BCUT2D eigenvalue weighted by atomic mass is 35.5. The fraction of sp³-hybridized carbons (Fsp3) is 0.800. The van der Waals surface area contributed by atoms with Crippen molar-refractivity contribution in [2.45, 2.75) is 0 Å². The molecule has 0 aromatic heterocycles. The zero-order valence-corrected chi connectivity index (χ0v) is 25.9. The molecule has 0 unspecified atom stereocenters. The van der Waals surface area contributed by atoms with E-state index in [-0.39, 0.29) is 12.4 Å². The minimum Gasteiger partial charge on any atom is -0.346 e. The molecule has 200 valence electrons. The molecule has 0 atom stereocenters. The summed E-state index contributed by atoms with van der Waals surface area (Å²) in [6.45, 7) is 0. The number of guanidine groups is 4. The minimum absolute atomic E-state index is 0. The number of hydrogen-bond acceptors (Lipinski definition) is 4. The largest absolute Gasteiger partial charge is 0.415 e. The van der Waals surface area contributed by atoms with Gasteiger partial charge in [-0.3, -0.25) is 20.0 Å². The number of halogens is 1. The molecule has 0 aliphatic rings. The lowest BCUT2D eigenvalue weighted by atomic mass is 10.8. The first-order valence-corrected chi connectivity index (χ1v) is 12.2. The first-order chi connectivity index (χ1) is 15.2. The van der Waals surface area contributed by atoms with Crippen molar-refractivity contribution in [1.29, 1.82) is 0 Å². The Kier molecular flexibility index (Phi) is 14.2. The third kappa shape index (κ3) is 6.47. The summed E-state index contributed by atoms with van der Waals surface area (Å²) in [6, 6.07) is 0. The molecule has 0 aliphatic carbocycles. The zero-order valence-electron chi connectivity index (χ0n) is 24.2. The van der Waals surface area contributed by atoms with Crippen LogP contribution in [0.1, 0.15) is 0 Å². The summed E-state index contributed by atoms with van der Waals surface area (Å²) < 4.78 is 8.85. The van der Waals surface area contributed by atoms with Gasteiger partial charge in [0.05, 0.1) is 28.2 Å². The van der Waals surface area contributed by atoms with Crippen LogP contribution in [0.15, 0.2) is 20.0 Å². The maximum absolute atomic E-state index is 4.65. The summed E-state index contributed by atoms with van der Waals surface area (Å²) in [5.74, 6) is 3.25. The van der Waals surface area contributed by atoms with Gasteiger partial charge in [-0.25, -0.2) is 0 Å². The minimum atomic E-state index is -2.72. The second kappa shape index (κ2) is 14.3. The Bertz CT molecular complexity index is 622. The Labute approximate surface area is 215 Å². The van der Waals surface area contributed by atoms with E-state index < -0.39 is 7.87 Å². The summed E-state index contributed by atoms with van der Waals surface area (Å²) >= 11 is 0. The SMILES string of the molecule is CN=C(N(C)C)N(C)[P+](N(C)C(=NC)N(C)C)(N(C)C(=NC)N(C)C)N(C)C(=NC)N(C)C.Cl. The van der Waals surface area contributed by atoms with E-state index in [2.05, 4.69) is 66.8 Å². The van der Waals surface area contributed by atoms with E-state index >= 15 is 0 Å². The van der Waals surface area contributed by atoms with Gasteiger partial charge in [-0.15, -0.1) is 12.4 Å². The van der Waals surface area contributed by atoms with Crippen molar-refractivity contribution in [2.24, 2.45) is 20.0 Å². The normalized spacial score (nSPS) is 14.6. The smallest absolute Gasteiger partial charge is 0.346 e. The van der Waals surface area contributed by atoms with Crippen LogP contribution < -0.4 is 0 Å². The van der Waals surface area contributed by atoms with Crippen LogP contribution in [0, 0.1) is 0 Å². The summed E-state index contributed by atoms with van der Waals surface area (Å²) in [4.78, 5) is 26.6.